The third kappa shape index (κ3) is 3.46. The second kappa shape index (κ2) is 7.07. The van der Waals surface area contributed by atoms with Gasteiger partial charge in [-0.2, -0.15) is 0 Å². The van der Waals surface area contributed by atoms with Crippen molar-refractivity contribution in [2.75, 3.05) is 46.4 Å². The maximum atomic E-state index is 11.0. The predicted molar refractivity (Wildman–Crippen MR) is 89.1 cm³/mol. The first-order valence-corrected chi connectivity index (χ1v) is 8.56. The summed E-state index contributed by atoms with van der Waals surface area (Å²) in [5.41, 5.74) is 2.39. The van der Waals surface area contributed by atoms with E-state index >= 15 is 0 Å². The number of benzene rings is 1. The van der Waals surface area contributed by atoms with Crippen molar-refractivity contribution in [2.24, 2.45) is 0 Å². The molecule has 1 saturated heterocycles. The van der Waals surface area contributed by atoms with Crippen LogP contribution in [0.2, 0.25) is 0 Å². The Hall–Kier alpha value is -1.31. The summed E-state index contributed by atoms with van der Waals surface area (Å²) in [4.78, 5) is 14.7. The molecule has 0 radical (unpaired) electrons. The van der Waals surface area contributed by atoms with E-state index in [1.54, 1.807) is 7.11 Å². The molecule has 3 rings (SSSR count). The van der Waals surface area contributed by atoms with Crippen LogP contribution >= 0.6 is 15.9 Å². The van der Waals surface area contributed by atoms with Crippen molar-refractivity contribution < 1.29 is 19.4 Å². The van der Waals surface area contributed by atoms with Gasteiger partial charge in [-0.25, -0.2) is 4.79 Å². The molecular weight excluding hydrogens is 364 g/mol. The average molecular weight is 385 g/mol. The van der Waals surface area contributed by atoms with Crippen LogP contribution in [0.1, 0.15) is 17.2 Å². The van der Waals surface area contributed by atoms with Crippen LogP contribution in [-0.2, 0) is 11.2 Å². The lowest BCUT2D eigenvalue weighted by Crippen LogP contribution is -2.49. The first kappa shape index (κ1) is 16.5. The monoisotopic (exact) mass is 384 g/mol. The molecule has 0 aromatic heterocycles. The fraction of sp³-hybridized carbons (Fsp3) is 0.562. The molecular formula is C16H21BrN2O4. The minimum atomic E-state index is -0.835. The Morgan fingerprint density at radius 1 is 1.39 bits per heavy atom. The van der Waals surface area contributed by atoms with Gasteiger partial charge >= 0.3 is 6.09 Å². The van der Waals surface area contributed by atoms with Gasteiger partial charge in [0.2, 0.25) is 0 Å². The highest BCUT2D eigenvalue weighted by atomic mass is 79.9. The van der Waals surface area contributed by atoms with Crippen LogP contribution in [-0.4, -0.2) is 67.4 Å². The van der Waals surface area contributed by atoms with Crippen LogP contribution in [0.5, 0.6) is 5.75 Å². The van der Waals surface area contributed by atoms with Gasteiger partial charge < -0.3 is 19.5 Å². The molecule has 1 fully saturated rings. The number of hydrogen-bond donors (Lipinski definition) is 1. The number of carboxylic acid groups (broad SMARTS) is 1. The lowest BCUT2D eigenvalue weighted by molar-refractivity contribution is 0.00526. The summed E-state index contributed by atoms with van der Waals surface area (Å²) in [6.45, 7) is 4.06. The molecule has 6 nitrogen and oxygen atoms in total. The van der Waals surface area contributed by atoms with Gasteiger partial charge in [0.25, 0.3) is 0 Å². The van der Waals surface area contributed by atoms with Crippen LogP contribution in [0.4, 0.5) is 4.79 Å². The predicted octanol–water partition coefficient (Wildman–Crippen LogP) is 2.37. The number of carbonyl (C=O) groups is 1. The summed E-state index contributed by atoms with van der Waals surface area (Å²) >= 11 is 3.54. The third-order valence-electron chi connectivity index (χ3n) is 4.54. The van der Waals surface area contributed by atoms with Gasteiger partial charge in [0.15, 0.2) is 0 Å². The standard InChI is InChI=1S/C16H21BrN2O4/c1-22-15-12-4-9-23-14(11(12)2-3-13(15)17)10-18-5-7-19(8-6-18)16(20)21/h2-3,14H,4-10H2,1H3,(H,20,21). The van der Waals surface area contributed by atoms with Crippen LogP contribution in [0.15, 0.2) is 16.6 Å². The summed E-state index contributed by atoms with van der Waals surface area (Å²) in [6.07, 6.45) is 0.0250. The second-order valence-electron chi connectivity index (χ2n) is 5.83. The molecule has 1 N–H and O–H groups in total. The van der Waals surface area contributed by atoms with E-state index in [9.17, 15) is 4.79 Å². The molecule has 0 saturated carbocycles. The number of rotatable bonds is 3. The molecule has 1 aromatic rings. The van der Waals surface area contributed by atoms with E-state index < -0.39 is 6.09 Å². The highest BCUT2D eigenvalue weighted by Gasteiger charge is 2.28. The molecule has 2 aliphatic rings. The third-order valence-corrected chi connectivity index (χ3v) is 5.16. The Bertz CT molecular complexity index is 588. The number of fused-ring (bicyclic) bond motifs is 1. The fourth-order valence-corrected chi connectivity index (χ4v) is 3.83. The quantitative estimate of drug-likeness (QED) is 0.866. The van der Waals surface area contributed by atoms with E-state index in [0.29, 0.717) is 19.7 Å². The van der Waals surface area contributed by atoms with E-state index in [1.807, 2.05) is 6.07 Å². The first-order chi connectivity index (χ1) is 11.1. The summed E-state index contributed by atoms with van der Waals surface area (Å²) in [5.74, 6) is 0.895. The van der Waals surface area contributed by atoms with Crippen LogP contribution in [0.25, 0.3) is 0 Å². The molecule has 1 amide bonds. The topological polar surface area (TPSA) is 62.2 Å². The number of methoxy groups -OCH3 is 1. The number of nitrogens with zero attached hydrogens (tertiary/aromatic N) is 2. The molecule has 126 valence electrons. The van der Waals surface area contributed by atoms with Gasteiger partial charge in [0.1, 0.15) is 5.75 Å². The summed E-state index contributed by atoms with van der Waals surface area (Å²) < 4.78 is 12.5. The number of hydrogen-bond acceptors (Lipinski definition) is 4. The zero-order valence-electron chi connectivity index (χ0n) is 13.1. The number of amides is 1. The second-order valence-corrected chi connectivity index (χ2v) is 6.68. The van der Waals surface area contributed by atoms with Gasteiger partial charge in [0.05, 0.1) is 24.3 Å². The largest absolute Gasteiger partial charge is 0.495 e. The van der Waals surface area contributed by atoms with Crippen LogP contribution in [0.3, 0.4) is 0 Å². The lowest BCUT2D eigenvalue weighted by atomic mass is 9.96. The average Bonchev–Trinajstić information content (AvgIpc) is 2.55. The van der Waals surface area contributed by atoms with Crippen molar-refractivity contribution in [1.82, 2.24) is 9.80 Å². The molecule has 0 aliphatic carbocycles. The summed E-state index contributed by atoms with van der Waals surface area (Å²) in [5, 5.41) is 9.02. The van der Waals surface area contributed by atoms with Crippen LogP contribution < -0.4 is 4.74 Å². The molecule has 1 unspecified atom stereocenters. The molecule has 1 atom stereocenters. The summed E-state index contributed by atoms with van der Waals surface area (Å²) in [6, 6.07) is 4.10. The van der Waals surface area contributed by atoms with Crippen molar-refractivity contribution in [3.8, 4) is 5.75 Å². The Morgan fingerprint density at radius 3 is 2.78 bits per heavy atom. The molecule has 23 heavy (non-hydrogen) atoms. The number of ether oxygens (including phenoxy) is 2. The Balaban J connectivity index is 1.71. The lowest BCUT2D eigenvalue weighted by Gasteiger charge is -2.36. The van der Waals surface area contributed by atoms with Crippen molar-refractivity contribution in [1.29, 1.82) is 0 Å². The van der Waals surface area contributed by atoms with Gasteiger partial charge in [-0.1, -0.05) is 6.07 Å². The van der Waals surface area contributed by atoms with Crippen molar-refractivity contribution >= 4 is 22.0 Å². The van der Waals surface area contributed by atoms with E-state index in [2.05, 4.69) is 26.9 Å². The molecule has 2 heterocycles. The van der Waals surface area contributed by atoms with Gasteiger partial charge in [0, 0.05) is 38.3 Å². The Labute approximate surface area is 144 Å². The maximum absolute atomic E-state index is 11.0. The fourth-order valence-electron chi connectivity index (χ4n) is 3.30. The zero-order valence-corrected chi connectivity index (χ0v) is 14.7. The molecule has 1 aromatic carbocycles. The number of piperazine rings is 1. The highest BCUT2D eigenvalue weighted by Crippen LogP contribution is 2.38. The van der Waals surface area contributed by atoms with E-state index in [0.717, 1.165) is 36.3 Å². The van der Waals surface area contributed by atoms with Crippen molar-refractivity contribution in [2.45, 2.75) is 12.5 Å². The zero-order chi connectivity index (χ0) is 16.4. The number of halogens is 1. The Morgan fingerprint density at radius 2 is 2.13 bits per heavy atom. The molecule has 0 bridgehead atoms. The highest BCUT2D eigenvalue weighted by molar-refractivity contribution is 9.10. The maximum Gasteiger partial charge on any atom is 0.407 e. The van der Waals surface area contributed by atoms with Gasteiger partial charge in [-0.3, -0.25) is 4.90 Å². The molecule has 7 heteroatoms. The van der Waals surface area contributed by atoms with E-state index in [4.69, 9.17) is 14.6 Å². The minimum Gasteiger partial charge on any atom is -0.495 e. The molecule has 2 aliphatic heterocycles. The smallest absolute Gasteiger partial charge is 0.407 e. The summed E-state index contributed by atoms with van der Waals surface area (Å²) in [7, 11) is 1.69. The first-order valence-electron chi connectivity index (χ1n) is 7.77. The molecule has 0 spiro atoms. The van der Waals surface area contributed by atoms with Crippen LogP contribution in [0, 0.1) is 0 Å². The van der Waals surface area contributed by atoms with Gasteiger partial charge in [-0.15, -0.1) is 0 Å². The van der Waals surface area contributed by atoms with Crippen molar-refractivity contribution in [3.63, 3.8) is 0 Å². The SMILES string of the molecule is COc1c(Br)ccc2c1CCOC2CN1CCN(C(=O)O)CC1. The van der Waals surface area contributed by atoms with Gasteiger partial charge in [-0.05, 0) is 34.0 Å². The Kier molecular flexibility index (Phi) is 5.08. The normalized spacial score (nSPS) is 21.8. The minimum absolute atomic E-state index is 0.0112. The van der Waals surface area contributed by atoms with Crippen molar-refractivity contribution in [3.05, 3.63) is 27.7 Å². The van der Waals surface area contributed by atoms with E-state index in [1.165, 1.54) is 16.0 Å². The van der Waals surface area contributed by atoms with E-state index in [-0.39, 0.29) is 6.10 Å².